The molecule has 1 aliphatic heterocycles. The molecule has 0 amide bonds. The van der Waals surface area contributed by atoms with Crippen LogP contribution in [-0.2, 0) is 26.0 Å². The van der Waals surface area contributed by atoms with Crippen LogP contribution in [0.2, 0.25) is 0 Å². The minimum Gasteiger partial charge on any atom is -0.497 e. The lowest BCUT2D eigenvalue weighted by atomic mass is 9.54. The number of nitrogens with zero attached hydrogens (tertiary/aromatic N) is 1. The maximum atomic E-state index is 12.9. The number of thiazole rings is 1. The second-order valence-electron chi connectivity index (χ2n) is 9.65. The van der Waals surface area contributed by atoms with Gasteiger partial charge in [-0.2, -0.15) is 0 Å². The molecule has 32 heavy (non-hydrogen) atoms. The number of anilines is 1. The third kappa shape index (κ3) is 3.32. The molecule has 1 aromatic carbocycles. The molecule has 172 valence electrons. The van der Waals surface area contributed by atoms with Crippen LogP contribution < -0.4 is 9.46 Å². The lowest BCUT2D eigenvalue weighted by Gasteiger charge is -2.51. The summed E-state index contributed by atoms with van der Waals surface area (Å²) in [4.78, 5) is 18.3. The molecule has 2 heterocycles. The van der Waals surface area contributed by atoms with Crippen molar-refractivity contribution in [1.82, 2.24) is 4.98 Å². The Morgan fingerprint density at radius 1 is 1.22 bits per heavy atom. The van der Waals surface area contributed by atoms with Crippen LogP contribution in [0.25, 0.3) is 0 Å². The Bertz CT molecular complexity index is 1160. The average Bonchev–Trinajstić information content (AvgIpc) is 3.26. The standard InChI is InChI=1S/C23H28N2O5S2/c1-12-16-9-10-23(3)11-17-19(13(2)18(23)20(16)30-21(12)26)24-22(31-17)25-32(27,28)15-7-5-14(29-4)6-8-15/h5-8,12-13,16,18,20H,9-11H2,1-4H3,(H,24,25)/t12?,13?,16?,18?,20?,23-/m0/s1. The third-order valence-corrected chi connectivity index (χ3v) is 10.2. The van der Waals surface area contributed by atoms with Gasteiger partial charge in [-0.05, 0) is 48.9 Å². The summed E-state index contributed by atoms with van der Waals surface area (Å²) in [6, 6.07) is 6.27. The molecule has 1 saturated heterocycles. The highest BCUT2D eigenvalue weighted by Crippen LogP contribution is 2.59. The van der Waals surface area contributed by atoms with Crippen molar-refractivity contribution in [2.24, 2.45) is 23.2 Å². The number of rotatable bonds is 4. The Morgan fingerprint density at radius 2 is 1.94 bits per heavy atom. The number of carbonyl (C=O) groups excluding carboxylic acids is 1. The number of hydrogen-bond acceptors (Lipinski definition) is 7. The van der Waals surface area contributed by atoms with Crippen LogP contribution in [0.3, 0.4) is 0 Å². The van der Waals surface area contributed by atoms with Gasteiger partial charge in [-0.1, -0.05) is 20.8 Å². The van der Waals surface area contributed by atoms with Crippen molar-refractivity contribution >= 4 is 32.5 Å². The maximum Gasteiger partial charge on any atom is 0.309 e. The highest BCUT2D eigenvalue weighted by atomic mass is 32.2. The summed E-state index contributed by atoms with van der Waals surface area (Å²) in [5.74, 6) is 0.990. The van der Waals surface area contributed by atoms with Gasteiger partial charge in [0.05, 0.1) is 23.6 Å². The number of benzene rings is 1. The van der Waals surface area contributed by atoms with Crippen molar-refractivity contribution in [2.75, 3.05) is 11.8 Å². The Kier molecular flexibility index (Phi) is 5.05. The molecule has 5 rings (SSSR count). The zero-order chi connectivity index (χ0) is 22.8. The van der Waals surface area contributed by atoms with Crippen molar-refractivity contribution in [3.8, 4) is 5.75 Å². The Labute approximate surface area is 192 Å². The Hall–Kier alpha value is -2.13. The lowest BCUT2D eigenvalue weighted by molar-refractivity contribution is -0.149. The molecule has 0 bridgehead atoms. The molecular formula is C23H28N2O5S2. The zero-order valence-electron chi connectivity index (χ0n) is 18.6. The van der Waals surface area contributed by atoms with Gasteiger partial charge in [0.25, 0.3) is 10.0 Å². The quantitative estimate of drug-likeness (QED) is 0.665. The summed E-state index contributed by atoms with van der Waals surface area (Å²) >= 11 is 1.42. The van der Waals surface area contributed by atoms with E-state index in [1.165, 1.54) is 30.6 Å². The smallest absolute Gasteiger partial charge is 0.309 e. The molecule has 1 aromatic heterocycles. The summed E-state index contributed by atoms with van der Waals surface area (Å²) in [5, 5.41) is 0.383. The van der Waals surface area contributed by atoms with Gasteiger partial charge in [-0.25, -0.2) is 13.4 Å². The van der Waals surface area contributed by atoms with Gasteiger partial charge in [0, 0.05) is 22.6 Å². The van der Waals surface area contributed by atoms with E-state index in [9.17, 15) is 13.2 Å². The highest BCUT2D eigenvalue weighted by molar-refractivity contribution is 7.93. The minimum atomic E-state index is -3.75. The first-order valence-electron chi connectivity index (χ1n) is 11.0. The van der Waals surface area contributed by atoms with Gasteiger partial charge in [-0.3, -0.25) is 9.52 Å². The topological polar surface area (TPSA) is 94.6 Å². The van der Waals surface area contributed by atoms with Gasteiger partial charge < -0.3 is 9.47 Å². The van der Waals surface area contributed by atoms with Gasteiger partial charge in [0.1, 0.15) is 11.9 Å². The second-order valence-corrected chi connectivity index (χ2v) is 12.4. The number of aromatic nitrogens is 1. The Balaban J connectivity index is 1.43. The molecule has 1 N–H and O–H groups in total. The number of ether oxygens (including phenoxy) is 2. The third-order valence-electron chi connectivity index (χ3n) is 7.75. The van der Waals surface area contributed by atoms with Crippen molar-refractivity contribution in [3.05, 3.63) is 34.8 Å². The van der Waals surface area contributed by atoms with Gasteiger partial charge in [-0.15, -0.1) is 11.3 Å². The van der Waals surface area contributed by atoms with E-state index in [0.29, 0.717) is 10.9 Å². The summed E-state index contributed by atoms with van der Waals surface area (Å²) in [5.41, 5.74) is 0.942. The van der Waals surface area contributed by atoms with E-state index in [-0.39, 0.29) is 46.1 Å². The largest absolute Gasteiger partial charge is 0.497 e. The zero-order valence-corrected chi connectivity index (χ0v) is 20.3. The van der Waals surface area contributed by atoms with E-state index in [1.807, 2.05) is 6.92 Å². The van der Waals surface area contributed by atoms with Crippen molar-refractivity contribution < 1.29 is 22.7 Å². The second kappa shape index (κ2) is 7.45. The van der Waals surface area contributed by atoms with E-state index in [4.69, 9.17) is 14.5 Å². The van der Waals surface area contributed by atoms with E-state index in [2.05, 4.69) is 18.6 Å². The van der Waals surface area contributed by atoms with Crippen LogP contribution in [0.1, 0.15) is 50.1 Å². The predicted octanol–water partition coefficient (Wildman–Crippen LogP) is 4.21. The summed E-state index contributed by atoms with van der Waals surface area (Å²) in [6.07, 6.45) is 2.77. The highest BCUT2D eigenvalue weighted by Gasteiger charge is 2.58. The van der Waals surface area contributed by atoms with E-state index < -0.39 is 10.0 Å². The molecule has 2 aliphatic carbocycles. The molecule has 0 radical (unpaired) electrons. The number of nitrogens with one attached hydrogen (secondary N) is 1. The van der Waals surface area contributed by atoms with Crippen molar-refractivity contribution in [2.45, 2.75) is 57.0 Å². The molecule has 9 heteroatoms. The number of esters is 1. The maximum absolute atomic E-state index is 12.9. The molecule has 0 spiro atoms. The van der Waals surface area contributed by atoms with Gasteiger partial charge in [0.15, 0.2) is 5.13 Å². The van der Waals surface area contributed by atoms with Crippen LogP contribution in [0.5, 0.6) is 5.75 Å². The van der Waals surface area contributed by atoms with Crippen LogP contribution in [-0.4, -0.2) is 32.6 Å². The molecule has 2 aromatic rings. The Morgan fingerprint density at radius 3 is 2.62 bits per heavy atom. The van der Waals surface area contributed by atoms with E-state index in [0.717, 1.165) is 29.8 Å². The predicted molar refractivity (Wildman–Crippen MR) is 121 cm³/mol. The van der Waals surface area contributed by atoms with E-state index in [1.54, 1.807) is 12.1 Å². The van der Waals surface area contributed by atoms with Gasteiger partial charge in [0.2, 0.25) is 0 Å². The number of hydrogen-bond donors (Lipinski definition) is 1. The van der Waals surface area contributed by atoms with Crippen LogP contribution in [0.4, 0.5) is 5.13 Å². The van der Waals surface area contributed by atoms with Crippen molar-refractivity contribution in [3.63, 3.8) is 0 Å². The summed E-state index contributed by atoms with van der Waals surface area (Å²) in [6.45, 7) is 6.40. The normalized spacial score (nSPS) is 33.6. The number of fused-ring (bicyclic) bond motifs is 4. The molecular weight excluding hydrogens is 448 g/mol. The fraction of sp³-hybridized carbons (Fsp3) is 0.565. The lowest BCUT2D eigenvalue weighted by Crippen LogP contribution is -2.50. The number of methoxy groups -OCH3 is 1. The first-order valence-corrected chi connectivity index (χ1v) is 13.3. The number of sulfonamides is 1. The molecule has 1 saturated carbocycles. The fourth-order valence-corrected chi connectivity index (χ4v) is 8.55. The van der Waals surface area contributed by atoms with Crippen LogP contribution >= 0.6 is 11.3 Å². The molecule has 6 atom stereocenters. The number of carbonyl (C=O) groups is 1. The van der Waals surface area contributed by atoms with E-state index >= 15 is 0 Å². The molecule has 3 aliphatic rings. The fourth-order valence-electron chi connectivity index (χ4n) is 6.05. The van der Waals surface area contributed by atoms with Crippen LogP contribution in [0, 0.1) is 23.2 Å². The monoisotopic (exact) mass is 476 g/mol. The SMILES string of the molecule is COc1ccc(S(=O)(=O)Nc2nc3c(s2)C[C@]2(C)CCC4C(C)C(=O)OC4C2C3C)cc1. The molecule has 2 fully saturated rings. The first kappa shape index (κ1) is 21.7. The van der Waals surface area contributed by atoms with Crippen molar-refractivity contribution in [1.29, 1.82) is 0 Å². The molecule has 5 unspecified atom stereocenters. The minimum absolute atomic E-state index is 0.0105. The summed E-state index contributed by atoms with van der Waals surface area (Å²) < 4.78 is 39.4. The molecule has 7 nitrogen and oxygen atoms in total. The summed E-state index contributed by atoms with van der Waals surface area (Å²) in [7, 11) is -2.21. The van der Waals surface area contributed by atoms with Crippen LogP contribution in [0.15, 0.2) is 29.2 Å². The first-order chi connectivity index (χ1) is 15.1. The average molecular weight is 477 g/mol. The van der Waals surface area contributed by atoms with Gasteiger partial charge >= 0.3 is 5.97 Å².